The SMILES string of the molecule is COc1ccc(/C(C)=N\NC(=O)c2cc(C)oc2C)cc1CSc1ncccn1. The van der Waals surface area contributed by atoms with Crippen LogP contribution in [0.5, 0.6) is 5.75 Å². The number of nitrogens with one attached hydrogen (secondary N) is 1. The molecule has 0 aliphatic heterocycles. The van der Waals surface area contributed by atoms with Gasteiger partial charge in [-0.15, -0.1) is 0 Å². The van der Waals surface area contributed by atoms with Crippen molar-refractivity contribution in [2.24, 2.45) is 5.10 Å². The van der Waals surface area contributed by atoms with Gasteiger partial charge in [-0.3, -0.25) is 4.79 Å². The van der Waals surface area contributed by atoms with E-state index in [0.717, 1.165) is 16.9 Å². The van der Waals surface area contributed by atoms with Crippen LogP contribution in [0.4, 0.5) is 0 Å². The molecular weight excluding hydrogens is 388 g/mol. The van der Waals surface area contributed by atoms with E-state index in [2.05, 4.69) is 20.5 Å². The van der Waals surface area contributed by atoms with Crippen LogP contribution in [0.3, 0.4) is 0 Å². The van der Waals surface area contributed by atoms with Crippen LogP contribution in [0.2, 0.25) is 0 Å². The molecule has 7 nitrogen and oxygen atoms in total. The molecule has 0 atom stereocenters. The second-order valence-electron chi connectivity index (χ2n) is 6.31. The molecule has 0 saturated carbocycles. The number of carbonyl (C=O) groups is 1. The maximum atomic E-state index is 12.3. The first-order chi connectivity index (χ1) is 14.0. The molecular formula is C21H22N4O3S. The van der Waals surface area contributed by atoms with Crippen molar-refractivity contribution in [1.29, 1.82) is 0 Å². The largest absolute Gasteiger partial charge is 0.496 e. The zero-order valence-corrected chi connectivity index (χ0v) is 17.5. The lowest BCUT2D eigenvalue weighted by Crippen LogP contribution is -2.19. The topological polar surface area (TPSA) is 89.6 Å². The van der Waals surface area contributed by atoms with Gasteiger partial charge in [0.15, 0.2) is 5.16 Å². The van der Waals surface area contributed by atoms with Crippen LogP contribution in [0.15, 0.2) is 57.4 Å². The van der Waals surface area contributed by atoms with Crippen LogP contribution in [-0.4, -0.2) is 28.7 Å². The minimum atomic E-state index is -0.302. The molecule has 0 aliphatic carbocycles. The minimum Gasteiger partial charge on any atom is -0.496 e. The molecule has 150 valence electrons. The zero-order valence-electron chi connectivity index (χ0n) is 16.7. The summed E-state index contributed by atoms with van der Waals surface area (Å²) >= 11 is 1.52. The highest BCUT2D eigenvalue weighted by atomic mass is 32.2. The molecule has 2 aromatic heterocycles. The van der Waals surface area contributed by atoms with Gasteiger partial charge in [0.05, 0.1) is 18.4 Å². The Hall–Kier alpha value is -3.13. The highest BCUT2D eigenvalue weighted by molar-refractivity contribution is 7.98. The Bertz CT molecular complexity index is 1030. The van der Waals surface area contributed by atoms with Crippen molar-refractivity contribution < 1.29 is 13.9 Å². The Labute approximate surface area is 173 Å². The van der Waals surface area contributed by atoms with Crippen LogP contribution >= 0.6 is 11.8 Å². The molecule has 2 heterocycles. The minimum absolute atomic E-state index is 0.302. The third-order valence-corrected chi connectivity index (χ3v) is 5.13. The summed E-state index contributed by atoms with van der Waals surface area (Å²) < 4.78 is 10.9. The molecule has 8 heteroatoms. The molecule has 0 aliphatic rings. The fourth-order valence-corrected chi connectivity index (χ4v) is 3.52. The molecule has 0 radical (unpaired) electrons. The number of nitrogens with zero attached hydrogens (tertiary/aromatic N) is 3. The standard InChI is InChI=1S/C21H22N4O3S/c1-13-10-18(15(3)28-13)20(26)25-24-14(2)16-6-7-19(27-4)17(11-16)12-29-21-22-8-5-9-23-21/h5-11H,12H2,1-4H3,(H,25,26)/b24-14-. The van der Waals surface area contributed by atoms with Gasteiger partial charge in [0, 0.05) is 23.7 Å². The number of ether oxygens (including phenoxy) is 1. The van der Waals surface area contributed by atoms with Crippen molar-refractivity contribution in [2.75, 3.05) is 7.11 Å². The van der Waals surface area contributed by atoms with E-state index in [1.54, 1.807) is 45.5 Å². The van der Waals surface area contributed by atoms with E-state index in [9.17, 15) is 4.79 Å². The smallest absolute Gasteiger partial charge is 0.274 e. The predicted octanol–water partition coefficient (Wildman–Crippen LogP) is 4.14. The number of aryl methyl sites for hydroxylation is 2. The number of hydrogen-bond acceptors (Lipinski definition) is 7. The number of aromatic nitrogens is 2. The third-order valence-electron chi connectivity index (χ3n) is 4.21. The lowest BCUT2D eigenvalue weighted by Gasteiger charge is -2.10. The fourth-order valence-electron chi connectivity index (χ4n) is 2.73. The summed E-state index contributed by atoms with van der Waals surface area (Å²) in [4.78, 5) is 20.8. The average molecular weight is 410 g/mol. The van der Waals surface area contributed by atoms with Gasteiger partial charge in [-0.25, -0.2) is 15.4 Å². The maximum absolute atomic E-state index is 12.3. The molecule has 0 fully saturated rings. The summed E-state index contributed by atoms with van der Waals surface area (Å²) in [6.07, 6.45) is 3.43. The summed E-state index contributed by atoms with van der Waals surface area (Å²) in [5.74, 6) is 2.38. The first-order valence-corrected chi connectivity index (χ1v) is 9.95. The first kappa shape index (κ1) is 20.6. The Morgan fingerprint density at radius 3 is 2.66 bits per heavy atom. The summed E-state index contributed by atoms with van der Waals surface area (Å²) in [5.41, 5.74) is 5.63. The Morgan fingerprint density at radius 1 is 1.24 bits per heavy atom. The van der Waals surface area contributed by atoms with Gasteiger partial charge in [-0.1, -0.05) is 11.8 Å². The van der Waals surface area contributed by atoms with Crippen LogP contribution < -0.4 is 10.2 Å². The number of benzene rings is 1. The number of furan rings is 1. The van der Waals surface area contributed by atoms with Gasteiger partial charge in [-0.05, 0) is 56.7 Å². The molecule has 0 unspecified atom stereocenters. The number of thioether (sulfide) groups is 1. The normalized spacial score (nSPS) is 11.4. The van der Waals surface area contributed by atoms with Gasteiger partial charge < -0.3 is 9.15 Å². The lowest BCUT2D eigenvalue weighted by atomic mass is 10.1. The molecule has 3 rings (SSSR count). The maximum Gasteiger partial charge on any atom is 0.274 e. The second kappa shape index (κ2) is 9.38. The molecule has 0 spiro atoms. The number of hydrazone groups is 1. The molecule has 1 aromatic carbocycles. The van der Waals surface area contributed by atoms with E-state index in [1.165, 1.54) is 11.8 Å². The average Bonchev–Trinajstić information content (AvgIpc) is 3.08. The van der Waals surface area contributed by atoms with E-state index in [0.29, 0.717) is 33.7 Å². The monoisotopic (exact) mass is 410 g/mol. The Balaban J connectivity index is 1.74. The van der Waals surface area contributed by atoms with Crippen LogP contribution in [-0.2, 0) is 5.75 Å². The molecule has 29 heavy (non-hydrogen) atoms. The highest BCUT2D eigenvalue weighted by Gasteiger charge is 2.13. The molecule has 3 aromatic rings. The number of methoxy groups -OCH3 is 1. The molecule has 0 bridgehead atoms. The summed E-state index contributed by atoms with van der Waals surface area (Å²) in [6.45, 7) is 5.39. The van der Waals surface area contributed by atoms with Gasteiger partial charge in [0.2, 0.25) is 0 Å². The van der Waals surface area contributed by atoms with Gasteiger partial charge >= 0.3 is 0 Å². The Kier molecular flexibility index (Phi) is 6.66. The first-order valence-electron chi connectivity index (χ1n) is 8.96. The second-order valence-corrected chi connectivity index (χ2v) is 7.25. The number of amides is 1. The molecule has 1 N–H and O–H groups in total. The number of carbonyl (C=O) groups excluding carboxylic acids is 1. The van der Waals surface area contributed by atoms with Crippen molar-refractivity contribution in [2.45, 2.75) is 31.7 Å². The quantitative estimate of drug-likeness (QED) is 0.272. The van der Waals surface area contributed by atoms with Crippen LogP contribution in [0, 0.1) is 13.8 Å². The van der Waals surface area contributed by atoms with E-state index in [4.69, 9.17) is 9.15 Å². The van der Waals surface area contributed by atoms with Gasteiger partial charge in [-0.2, -0.15) is 5.10 Å². The lowest BCUT2D eigenvalue weighted by molar-refractivity contribution is 0.0953. The van der Waals surface area contributed by atoms with Crippen molar-refractivity contribution >= 4 is 23.4 Å². The Morgan fingerprint density at radius 2 is 2.00 bits per heavy atom. The zero-order chi connectivity index (χ0) is 20.8. The van der Waals surface area contributed by atoms with E-state index >= 15 is 0 Å². The van der Waals surface area contributed by atoms with Gasteiger partial charge in [0.1, 0.15) is 17.3 Å². The predicted molar refractivity (Wildman–Crippen MR) is 112 cm³/mol. The van der Waals surface area contributed by atoms with Crippen molar-refractivity contribution in [3.05, 3.63) is 70.9 Å². The van der Waals surface area contributed by atoms with Crippen molar-refractivity contribution in [3.63, 3.8) is 0 Å². The third kappa shape index (κ3) is 5.23. The summed E-state index contributed by atoms with van der Waals surface area (Å²) in [5, 5.41) is 4.94. The molecule has 1 amide bonds. The van der Waals surface area contributed by atoms with Crippen molar-refractivity contribution in [3.8, 4) is 5.75 Å². The fraction of sp³-hybridized carbons (Fsp3) is 0.238. The highest BCUT2D eigenvalue weighted by Crippen LogP contribution is 2.27. The van der Waals surface area contributed by atoms with Crippen LogP contribution in [0.25, 0.3) is 0 Å². The number of hydrogen-bond donors (Lipinski definition) is 1. The van der Waals surface area contributed by atoms with Crippen LogP contribution in [0.1, 0.15) is 39.9 Å². The molecule has 0 saturated heterocycles. The van der Waals surface area contributed by atoms with Crippen molar-refractivity contribution in [1.82, 2.24) is 15.4 Å². The van der Waals surface area contributed by atoms with E-state index in [-0.39, 0.29) is 5.91 Å². The summed E-state index contributed by atoms with van der Waals surface area (Å²) in [6, 6.07) is 9.27. The van der Waals surface area contributed by atoms with E-state index < -0.39 is 0 Å². The summed E-state index contributed by atoms with van der Waals surface area (Å²) in [7, 11) is 1.64. The van der Waals surface area contributed by atoms with E-state index in [1.807, 2.05) is 25.1 Å². The number of rotatable bonds is 7. The van der Waals surface area contributed by atoms with Gasteiger partial charge in [0.25, 0.3) is 5.91 Å².